The van der Waals surface area contributed by atoms with Gasteiger partial charge >= 0.3 is 5.97 Å². The molecule has 0 heterocycles. The highest BCUT2D eigenvalue weighted by Crippen LogP contribution is 2.20. The maximum Gasteiger partial charge on any atom is 0.334 e. The largest absolute Gasteiger partial charge is 0.463 e. The first kappa shape index (κ1) is 14.6. The van der Waals surface area contributed by atoms with E-state index in [1.54, 1.807) is 6.92 Å². The van der Waals surface area contributed by atoms with E-state index in [1.807, 2.05) is 0 Å². The highest BCUT2D eigenvalue weighted by molar-refractivity contribution is 9.09. The summed E-state index contributed by atoms with van der Waals surface area (Å²) in [6, 6.07) is 2.91. The Kier molecular flexibility index (Phi) is 5.77. The molecule has 0 N–H and O–H groups in total. The Hall–Kier alpha value is -1.43. The molecule has 0 bridgehead atoms. The lowest BCUT2D eigenvalue weighted by Gasteiger charge is -2.08. The third-order valence-electron chi connectivity index (χ3n) is 1.83. The van der Waals surface area contributed by atoms with Crippen molar-refractivity contribution in [2.45, 2.75) is 6.92 Å². The summed E-state index contributed by atoms with van der Waals surface area (Å²) < 4.78 is 35.8. The van der Waals surface area contributed by atoms with Crippen LogP contribution in [0.5, 0.6) is 5.75 Å². The van der Waals surface area contributed by atoms with Crippen LogP contribution in [0.25, 0.3) is 0 Å². The standard InChI is InChI=1S/C12H11BrF2O3/c1-2-17-12(16)6-9(7-13)18-11-4-3-8(14)5-10(11)15/h3-6H,2,7H2,1H3/b9-6-. The molecule has 0 aliphatic carbocycles. The number of alkyl halides is 1. The average Bonchev–Trinajstić information content (AvgIpc) is 2.31. The number of allylic oxidation sites excluding steroid dienone is 1. The summed E-state index contributed by atoms with van der Waals surface area (Å²) in [6.45, 7) is 1.90. The van der Waals surface area contributed by atoms with Crippen LogP contribution in [0.3, 0.4) is 0 Å². The molecule has 3 nitrogen and oxygen atoms in total. The molecule has 0 aromatic heterocycles. The molecule has 0 unspecified atom stereocenters. The Morgan fingerprint density at radius 1 is 1.44 bits per heavy atom. The lowest BCUT2D eigenvalue weighted by atomic mass is 10.3. The summed E-state index contributed by atoms with van der Waals surface area (Å²) in [7, 11) is 0. The van der Waals surface area contributed by atoms with Crippen LogP contribution in [0.1, 0.15) is 6.92 Å². The van der Waals surface area contributed by atoms with Gasteiger partial charge < -0.3 is 9.47 Å². The van der Waals surface area contributed by atoms with Crippen molar-refractivity contribution in [2.75, 3.05) is 11.9 Å². The Balaban J connectivity index is 2.82. The van der Waals surface area contributed by atoms with Crippen LogP contribution < -0.4 is 4.74 Å². The van der Waals surface area contributed by atoms with Crippen LogP contribution in [0, 0.1) is 11.6 Å². The number of ether oxygens (including phenoxy) is 2. The second-order valence-corrected chi connectivity index (χ2v) is 3.73. The van der Waals surface area contributed by atoms with E-state index in [-0.39, 0.29) is 23.4 Å². The summed E-state index contributed by atoms with van der Waals surface area (Å²) in [5.41, 5.74) is 0. The van der Waals surface area contributed by atoms with E-state index in [9.17, 15) is 13.6 Å². The first-order chi connectivity index (χ1) is 8.56. The van der Waals surface area contributed by atoms with Crippen LogP contribution in [0.4, 0.5) is 8.78 Å². The topological polar surface area (TPSA) is 35.5 Å². The zero-order valence-electron chi connectivity index (χ0n) is 9.58. The quantitative estimate of drug-likeness (QED) is 0.362. The SMILES string of the molecule is CCOC(=O)/C=C(/CBr)Oc1ccc(F)cc1F. The molecule has 0 atom stereocenters. The lowest BCUT2D eigenvalue weighted by Crippen LogP contribution is -2.06. The van der Waals surface area contributed by atoms with Gasteiger partial charge in [0.1, 0.15) is 11.6 Å². The molecule has 0 aliphatic heterocycles. The molecule has 0 fully saturated rings. The monoisotopic (exact) mass is 320 g/mol. The van der Waals surface area contributed by atoms with Gasteiger partial charge in [-0.1, -0.05) is 15.9 Å². The van der Waals surface area contributed by atoms with E-state index in [2.05, 4.69) is 15.9 Å². The summed E-state index contributed by atoms with van der Waals surface area (Å²) in [5.74, 6) is -2.12. The molecule has 0 amide bonds. The first-order valence-corrected chi connectivity index (χ1v) is 6.25. The van der Waals surface area contributed by atoms with Gasteiger partial charge in [-0.15, -0.1) is 0 Å². The fourth-order valence-corrected chi connectivity index (χ4v) is 1.39. The van der Waals surface area contributed by atoms with Crippen molar-refractivity contribution < 1.29 is 23.0 Å². The minimum atomic E-state index is -0.842. The van der Waals surface area contributed by atoms with Crippen LogP contribution in [-0.4, -0.2) is 17.9 Å². The number of esters is 1. The van der Waals surface area contributed by atoms with Gasteiger partial charge in [0, 0.05) is 6.07 Å². The zero-order valence-corrected chi connectivity index (χ0v) is 11.2. The molecule has 98 valence electrons. The Labute approximate surface area is 112 Å². The molecule has 0 saturated carbocycles. The van der Waals surface area contributed by atoms with Gasteiger partial charge in [-0.25, -0.2) is 13.6 Å². The smallest absolute Gasteiger partial charge is 0.334 e. The normalized spacial score (nSPS) is 11.2. The second kappa shape index (κ2) is 7.10. The number of benzene rings is 1. The summed E-state index contributed by atoms with van der Waals surface area (Å²) in [4.78, 5) is 11.2. The fraction of sp³-hybridized carbons (Fsp3) is 0.250. The second-order valence-electron chi connectivity index (χ2n) is 3.17. The highest BCUT2D eigenvalue weighted by atomic mass is 79.9. The molecule has 0 radical (unpaired) electrons. The number of halogens is 3. The van der Waals surface area contributed by atoms with Gasteiger partial charge in [0.2, 0.25) is 0 Å². The third kappa shape index (κ3) is 4.44. The predicted molar refractivity (Wildman–Crippen MR) is 65.5 cm³/mol. The van der Waals surface area contributed by atoms with Gasteiger partial charge in [0.25, 0.3) is 0 Å². The molecule has 0 saturated heterocycles. The van der Waals surface area contributed by atoms with E-state index < -0.39 is 17.6 Å². The van der Waals surface area contributed by atoms with E-state index in [0.717, 1.165) is 18.2 Å². The summed E-state index contributed by atoms with van der Waals surface area (Å²) >= 11 is 3.09. The Bertz CT molecular complexity index is 461. The molecular formula is C12H11BrF2O3. The van der Waals surface area contributed by atoms with Gasteiger partial charge in [-0.05, 0) is 19.1 Å². The van der Waals surface area contributed by atoms with Crippen molar-refractivity contribution in [3.63, 3.8) is 0 Å². The molecule has 18 heavy (non-hydrogen) atoms. The highest BCUT2D eigenvalue weighted by Gasteiger charge is 2.09. The zero-order chi connectivity index (χ0) is 13.5. The van der Waals surface area contributed by atoms with Crippen molar-refractivity contribution in [2.24, 2.45) is 0 Å². The van der Waals surface area contributed by atoms with E-state index >= 15 is 0 Å². The molecule has 1 rings (SSSR count). The minimum absolute atomic E-state index is 0.161. The fourth-order valence-electron chi connectivity index (χ4n) is 1.11. The number of rotatable bonds is 5. The number of hydrogen-bond donors (Lipinski definition) is 0. The summed E-state index contributed by atoms with van der Waals surface area (Å²) in [6.07, 6.45) is 1.10. The Morgan fingerprint density at radius 3 is 2.72 bits per heavy atom. The van der Waals surface area contributed by atoms with Crippen LogP contribution in [0.2, 0.25) is 0 Å². The van der Waals surface area contributed by atoms with Gasteiger partial charge in [0.15, 0.2) is 11.6 Å². The molecule has 1 aromatic rings. The molecule has 0 aliphatic rings. The molecule has 1 aromatic carbocycles. The summed E-state index contributed by atoms with van der Waals surface area (Å²) in [5, 5.41) is 0.197. The van der Waals surface area contributed by atoms with Gasteiger partial charge in [0.05, 0.1) is 18.0 Å². The van der Waals surface area contributed by atoms with Crippen LogP contribution in [0.15, 0.2) is 30.0 Å². The number of carbonyl (C=O) groups excluding carboxylic acids is 1. The van der Waals surface area contributed by atoms with Gasteiger partial charge in [-0.3, -0.25) is 0 Å². The van der Waals surface area contributed by atoms with Crippen LogP contribution in [-0.2, 0) is 9.53 Å². The van der Waals surface area contributed by atoms with E-state index in [4.69, 9.17) is 9.47 Å². The third-order valence-corrected chi connectivity index (χ3v) is 2.38. The molecular weight excluding hydrogens is 310 g/mol. The molecule has 0 spiro atoms. The van der Waals surface area contributed by atoms with Gasteiger partial charge in [-0.2, -0.15) is 0 Å². The average molecular weight is 321 g/mol. The molecule has 6 heteroatoms. The number of carbonyl (C=O) groups is 1. The van der Waals surface area contributed by atoms with E-state index in [1.165, 1.54) is 0 Å². The first-order valence-electron chi connectivity index (χ1n) is 5.13. The predicted octanol–water partition coefficient (Wildman–Crippen LogP) is 3.19. The van der Waals surface area contributed by atoms with Crippen LogP contribution >= 0.6 is 15.9 Å². The Morgan fingerprint density at radius 2 is 2.17 bits per heavy atom. The van der Waals surface area contributed by atoms with Crippen molar-refractivity contribution in [1.29, 1.82) is 0 Å². The van der Waals surface area contributed by atoms with Crippen molar-refractivity contribution >= 4 is 21.9 Å². The van der Waals surface area contributed by atoms with Crippen molar-refractivity contribution in [1.82, 2.24) is 0 Å². The lowest BCUT2D eigenvalue weighted by molar-refractivity contribution is -0.137. The maximum atomic E-state index is 13.3. The number of hydrogen-bond acceptors (Lipinski definition) is 3. The van der Waals surface area contributed by atoms with E-state index in [0.29, 0.717) is 6.07 Å². The minimum Gasteiger partial charge on any atom is -0.463 e. The maximum absolute atomic E-state index is 13.3. The van der Waals surface area contributed by atoms with Crippen molar-refractivity contribution in [3.8, 4) is 5.75 Å². The van der Waals surface area contributed by atoms with Crippen molar-refractivity contribution in [3.05, 3.63) is 41.7 Å².